The Balaban J connectivity index is 1.75. The summed E-state index contributed by atoms with van der Waals surface area (Å²) in [5.41, 5.74) is 1.09. The Morgan fingerprint density at radius 2 is 2.17 bits per heavy atom. The van der Waals surface area contributed by atoms with Gasteiger partial charge in [-0.3, -0.25) is 4.79 Å². The standard InChI is InChI=1S/C14H14ClNOS/c15-12-4-1-3-11(9-12)6-7-14(17)16-10-13-5-2-8-18-13/h1-5,8-9H,6-7,10H2,(H,16,17). The quantitative estimate of drug-likeness (QED) is 0.889. The summed E-state index contributed by atoms with van der Waals surface area (Å²) in [6, 6.07) is 11.6. The molecule has 1 amide bonds. The predicted octanol–water partition coefficient (Wildman–Crippen LogP) is 3.65. The molecule has 0 saturated carbocycles. The molecule has 0 aliphatic rings. The Hall–Kier alpha value is -1.32. The van der Waals surface area contributed by atoms with Crippen molar-refractivity contribution in [3.05, 3.63) is 57.2 Å². The van der Waals surface area contributed by atoms with Crippen LogP contribution in [0.4, 0.5) is 0 Å². The second kappa shape index (κ2) is 6.57. The monoisotopic (exact) mass is 279 g/mol. The van der Waals surface area contributed by atoms with Crippen molar-refractivity contribution in [3.63, 3.8) is 0 Å². The third-order valence-corrected chi connectivity index (χ3v) is 3.68. The normalized spacial score (nSPS) is 10.3. The Morgan fingerprint density at radius 3 is 2.89 bits per heavy atom. The first-order chi connectivity index (χ1) is 8.74. The van der Waals surface area contributed by atoms with E-state index in [9.17, 15) is 4.79 Å². The van der Waals surface area contributed by atoms with Crippen molar-refractivity contribution >= 4 is 28.8 Å². The number of rotatable bonds is 5. The number of amides is 1. The van der Waals surface area contributed by atoms with Gasteiger partial charge in [-0.25, -0.2) is 0 Å². The van der Waals surface area contributed by atoms with Crippen LogP contribution < -0.4 is 5.32 Å². The zero-order valence-electron chi connectivity index (χ0n) is 9.86. The molecular weight excluding hydrogens is 266 g/mol. The molecule has 0 radical (unpaired) electrons. The van der Waals surface area contributed by atoms with Crippen molar-refractivity contribution in [2.45, 2.75) is 19.4 Å². The van der Waals surface area contributed by atoms with Crippen LogP contribution in [0.2, 0.25) is 5.02 Å². The molecule has 2 rings (SSSR count). The van der Waals surface area contributed by atoms with Crippen LogP contribution >= 0.6 is 22.9 Å². The molecular formula is C14H14ClNOS. The molecule has 1 aromatic heterocycles. The van der Waals surface area contributed by atoms with Gasteiger partial charge in [-0.05, 0) is 35.6 Å². The van der Waals surface area contributed by atoms with Gasteiger partial charge in [0.15, 0.2) is 0 Å². The van der Waals surface area contributed by atoms with Gasteiger partial charge in [0, 0.05) is 16.3 Å². The summed E-state index contributed by atoms with van der Waals surface area (Å²) >= 11 is 7.54. The number of hydrogen-bond donors (Lipinski definition) is 1. The molecule has 18 heavy (non-hydrogen) atoms. The van der Waals surface area contributed by atoms with E-state index in [1.54, 1.807) is 11.3 Å². The lowest BCUT2D eigenvalue weighted by Gasteiger charge is -2.04. The lowest BCUT2D eigenvalue weighted by atomic mass is 10.1. The fourth-order valence-electron chi connectivity index (χ4n) is 1.64. The van der Waals surface area contributed by atoms with Gasteiger partial charge in [0.1, 0.15) is 0 Å². The van der Waals surface area contributed by atoms with E-state index in [1.165, 1.54) is 4.88 Å². The highest BCUT2D eigenvalue weighted by molar-refractivity contribution is 7.09. The maximum Gasteiger partial charge on any atom is 0.220 e. The zero-order valence-corrected chi connectivity index (χ0v) is 11.4. The van der Waals surface area contributed by atoms with Crippen LogP contribution in [0.5, 0.6) is 0 Å². The van der Waals surface area contributed by atoms with Crippen LogP contribution in [0.3, 0.4) is 0 Å². The molecule has 4 heteroatoms. The SMILES string of the molecule is O=C(CCc1cccc(Cl)c1)NCc1cccs1. The summed E-state index contributed by atoms with van der Waals surface area (Å²) in [4.78, 5) is 12.8. The van der Waals surface area contributed by atoms with Gasteiger partial charge in [-0.15, -0.1) is 11.3 Å². The molecule has 0 spiro atoms. The average molecular weight is 280 g/mol. The number of aryl methyl sites for hydroxylation is 1. The Kier molecular flexibility index (Phi) is 4.79. The van der Waals surface area contributed by atoms with E-state index < -0.39 is 0 Å². The van der Waals surface area contributed by atoms with E-state index in [0.717, 1.165) is 12.0 Å². The molecule has 1 aromatic carbocycles. The highest BCUT2D eigenvalue weighted by Gasteiger charge is 2.03. The lowest BCUT2D eigenvalue weighted by Crippen LogP contribution is -2.22. The molecule has 0 saturated heterocycles. The number of nitrogens with one attached hydrogen (secondary N) is 1. The molecule has 0 bridgehead atoms. The number of hydrogen-bond acceptors (Lipinski definition) is 2. The number of benzene rings is 1. The van der Waals surface area contributed by atoms with Gasteiger partial charge >= 0.3 is 0 Å². The largest absolute Gasteiger partial charge is 0.351 e. The maximum atomic E-state index is 11.7. The van der Waals surface area contributed by atoms with Crippen LogP contribution in [0.1, 0.15) is 16.9 Å². The highest BCUT2D eigenvalue weighted by atomic mass is 35.5. The van der Waals surface area contributed by atoms with Gasteiger partial charge in [-0.1, -0.05) is 29.8 Å². The number of carbonyl (C=O) groups is 1. The van der Waals surface area contributed by atoms with Crippen molar-refractivity contribution < 1.29 is 4.79 Å². The lowest BCUT2D eigenvalue weighted by molar-refractivity contribution is -0.121. The first-order valence-corrected chi connectivity index (χ1v) is 7.03. The van der Waals surface area contributed by atoms with Crippen molar-refractivity contribution in [2.24, 2.45) is 0 Å². The third kappa shape index (κ3) is 4.17. The second-order valence-electron chi connectivity index (χ2n) is 3.99. The highest BCUT2D eigenvalue weighted by Crippen LogP contribution is 2.12. The summed E-state index contributed by atoms with van der Waals surface area (Å²) < 4.78 is 0. The van der Waals surface area contributed by atoms with Crippen molar-refractivity contribution in [1.29, 1.82) is 0 Å². The summed E-state index contributed by atoms with van der Waals surface area (Å²) in [7, 11) is 0. The van der Waals surface area contributed by atoms with E-state index in [4.69, 9.17) is 11.6 Å². The van der Waals surface area contributed by atoms with Gasteiger partial charge < -0.3 is 5.32 Å². The van der Waals surface area contributed by atoms with Crippen LogP contribution in [-0.4, -0.2) is 5.91 Å². The minimum absolute atomic E-state index is 0.0726. The van der Waals surface area contributed by atoms with Crippen LogP contribution in [0.15, 0.2) is 41.8 Å². The summed E-state index contributed by atoms with van der Waals surface area (Å²) in [5.74, 6) is 0.0726. The maximum absolute atomic E-state index is 11.7. The first-order valence-electron chi connectivity index (χ1n) is 5.77. The number of carbonyl (C=O) groups excluding carboxylic acids is 1. The molecule has 1 N–H and O–H groups in total. The molecule has 1 heterocycles. The Labute approximate surface area is 116 Å². The minimum Gasteiger partial charge on any atom is -0.351 e. The van der Waals surface area contributed by atoms with E-state index in [2.05, 4.69) is 5.32 Å². The zero-order chi connectivity index (χ0) is 12.8. The number of halogens is 1. The summed E-state index contributed by atoms with van der Waals surface area (Å²) in [5, 5.41) is 5.63. The molecule has 0 aliphatic carbocycles. The molecule has 0 fully saturated rings. The molecule has 0 atom stereocenters. The van der Waals surface area contributed by atoms with Gasteiger partial charge in [0.25, 0.3) is 0 Å². The van der Waals surface area contributed by atoms with Crippen LogP contribution in [-0.2, 0) is 17.8 Å². The van der Waals surface area contributed by atoms with Gasteiger partial charge in [-0.2, -0.15) is 0 Å². The molecule has 2 aromatic rings. The van der Waals surface area contributed by atoms with Gasteiger partial charge in [0.2, 0.25) is 5.91 Å². The Bertz CT molecular complexity index is 510. The van der Waals surface area contributed by atoms with E-state index in [-0.39, 0.29) is 5.91 Å². The minimum atomic E-state index is 0.0726. The van der Waals surface area contributed by atoms with E-state index in [0.29, 0.717) is 18.0 Å². The molecule has 2 nitrogen and oxygen atoms in total. The average Bonchev–Trinajstić information content (AvgIpc) is 2.87. The Morgan fingerprint density at radius 1 is 1.28 bits per heavy atom. The predicted molar refractivity (Wildman–Crippen MR) is 75.9 cm³/mol. The van der Waals surface area contributed by atoms with Gasteiger partial charge in [0.05, 0.1) is 6.54 Å². The van der Waals surface area contributed by atoms with Crippen LogP contribution in [0, 0.1) is 0 Å². The van der Waals surface area contributed by atoms with Crippen molar-refractivity contribution in [2.75, 3.05) is 0 Å². The molecule has 0 unspecified atom stereocenters. The second-order valence-corrected chi connectivity index (χ2v) is 5.45. The van der Waals surface area contributed by atoms with E-state index in [1.807, 2.05) is 41.8 Å². The summed E-state index contributed by atoms with van der Waals surface area (Å²) in [6.07, 6.45) is 1.21. The third-order valence-electron chi connectivity index (χ3n) is 2.57. The molecule has 94 valence electrons. The summed E-state index contributed by atoms with van der Waals surface area (Å²) in [6.45, 7) is 0.617. The van der Waals surface area contributed by atoms with Crippen LogP contribution in [0.25, 0.3) is 0 Å². The first kappa shape index (κ1) is 13.1. The fourth-order valence-corrected chi connectivity index (χ4v) is 2.50. The fraction of sp³-hybridized carbons (Fsp3) is 0.214. The van der Waals surface area contributed by atoms with Crippen molar-refractivity contribution in [3.8, 4) is 0 Å². The van der Waals surface area contributed by atoms with E-state index >= 15 is 0 Å². The van der Waals surface area contributed by atoms with Crippen molar-refractivity contribution in [1.82, 2.24) is 5.32 Å². The topological polar surface area (TPSA) is 29.1 Å². The molecule has 0 aliphatic heterocycles. The number of thiophene rings is 1. The smallest absolute Gasteiger partial charge is 0.220 e.